The van der Waals surface area contributed by atoms with Crippen LogP contribution in [0.1, 0.15) is 49.8 Å². The van der Waals surface area contributed by atoms with Crippen LogP contribution in [-0.4, -0.2) is 39.0 Å². The lowest BCUT2D eigenvalue weighted by Crippen LogP contribution is -2.42. The average Bonchev–Trinajstić information content (AvgIpc) is 2.90. The van der Waals surface area contributed by atoms with Crippen LogP contribution in [-0.2, 0) is 30.5 Å². The highest BCUT2D eigenvalue weighted by molar-refractivity contribution is 7.89. The molecule has 0 saturated heterocycles. The first-order valence-electron chi connectivity index (χ1n) is 12.0. The van der Waals surface area contributed by atoms with Crippen LogP contribution in [0.2, 0.25) is 0 Å². The van der Waals surface area contributed by atoms with E-state index in [0.717, 1.165) is 29.8 Å². The highest BCUT2D eigenvalue weighted by Crippen LogP contribution is 2.30. The van der Waals surface area contributed by atoms with Crippen molar-refractivity contribution in [2.75, 3.05) is 6.61 Å². The number of alkyl halides is 3. The molecule has 1 saturated carbocycles. The second kappa shape index (κ2) is 12.9. The van der Waals surface area contributed by atoms with E-state index < -0.39 is 45.9 Å². The van der Waals surface area contributed by atoms with Gasteiger partial charge < -0.3 is 10.1 Å². The Balaban J connectivity index is 1.57. The number of sulfonamides is 1. The molecule has 1 aliphatic rings. The summed E-state index contributed by atoms with van der Waals surface area (Å²) in [7, 11) is -4.02. The standard InChI is InChI=1S/C25H29ClF3N3O5S/c1-16(31-26)24(34)37-15-22(17-5-3-2-4-6-17)30-23(33)18-7-11-20(12-8-18)32-38(35,36)21-13-9-19(10-14-21)25(27,28)29/h2-6,9-10,13-14,16,18,20,22,31-32H,7-8,11-12,15H2,1H3,(H,30,33)/t16-,18?,20?,22+/m0/s1. The summed E-state index contributed by atoms with van der Waals surface area (Å²) in [4.78, 5) is 27.1. The Bertz CT molecular complexity index is 1190. The molecule has 0 spiro atoms. The van der Waals surface area contributed by atoms with Crippen LogP contribution in [0.4, 0.5) is 13.2 Å². The third kappa shape index (κ3) is 8.16. The Labute approximate surface area is 224 Å². The number of amides is 1. The van der Waals surface area contributed by atoms with Crippen molar-refractivity contribution in [1.29, 1.82) is 0 Å². The summed E-state index contributed by atoms with van der Waals surface area (Å²) in [6, 6.07) is 10.5. The predicted octanol–water partition coefficient (Wildman–Crippen LogP) is 4.08. The number of halogens is 4. The van der Waals surface area contributed by atoms with E-state index in [4.69, 9.17) is 16.5 Å². The average molecular weight is 576 g/mol. The summed E-state index contributed by atoms with van der Waals surface area (Å²) in [5.41, 5.74) is -0.185. The summed E-state index contributed by atoms with van der Waals surface area (Å²) in [5.74, 6) is -1.20. The van der Waals surface area contributed by atoms with E-state index in [1.54, 1.807) is 24.3 Å². The Morgan fingerprint density at radius 1 is 1.03 bits per heavy atom. The van der Waals surface area contributed by atoms with Gasteiger partial charge in [-0.05, 0) is 74.2 Å². The minimum Gasteiger partial charge on any atom is -0.462 e. The molecule has 2 aromatic rings. The Hall–Kier alpha value is -2.67. The third-order valence-corrected chi connectivity index (χ3v) is 8.20. The molecular formula is C25H29ClF3N3O5S. The number of hydrogen-bond donors (Lipinski definition) is 3. The normalized spacial score (nSPS) is 19.8. The first-order chi connectivity index (χ1) is 17.9. The molecule has 0 heterocycles. The smallest absolute Gasteiger partial charge is 0.416 e. The van der Waals surface area contributed by atoms with Crippen molar-refractivity contribution in [1.82, 2.24) is 14.9 Å². The van der Waals surface area contributed by atoms with Gasteiger partial charge in [0.05, 0.1) is 16.5 Å². The van der Waals surface area contributed by atoms with Crippen molar-refractivity contribution in [3.8, 4) is 0 Å². The number of hydrogen-bond acceptors (Lipinski definition) is 6. The largest absolute Gasteiger partial charge is 0.462 e. The van der Waals surface area contributed by atoms with Crippen molar-refractivity contribution in [3.63, 3.8) is 0 Å². The van der Waals surface area contributed by atoms with E-state index in [1.165, 1.54) is 6.92 Å². The number of nitrogens with one attached hydrogen (secondary N) is 3. The van der Waals surface area contributed by atoms with Crippen molar-refractivity contribution >= 4 is 33.7 Å². The second-order valence-corrected chi connectivity index (χ2v) is 11.1. The van der Waals surface area contributed by atoms with Gasteiger partial charge in [-0.15, -0.1) is 0 Å². The van der Waals surface area contributed by atoms with Gasteiger partial charge in [0, 0.05) is 12.0 Å². The Morgan fingerprint density at radius 3 is 2.18 bits per heavy atom. The molecule has 2 atom stereocenters. The zero-order chi connectivity index (χ0) is 27.9. The molecule has 0 aliphatic heterocycles. The van der Waals surface area contributed by atoms with Gasteiger partial charge in [-0.2, -0.15) is 13.2 Å². The quantitative estimate of drug-likeness (QED) is 0.291. The number of ether oxygens (including phenoxy) is 1. The van der Waals surface area contributed by atoms with Crippen molar-refractivity contribution in [2.45, 2.75) is 61.8 Å². The molecule has 1 aliphatic carbocycles. The molecule has 3 N–H and O–H groups in total. The summed E-state index contributed by atoms with van der Waals surface area (Å²) in [6.45, 7) is 1.44. The molecule has 1 amide bonds. The molecule has 208 valence electrons. The highest BCUT2D eigenvalue weighted by Gasteiger charge is 2.33. The first kappa shape index (κ1) is 29.9. The number of rotatable bonds is 10. The van der Waals surface area contributed by atoms with Crippen LogP contribution >= 0.6 is 11.8 Å². The van der Waals surface area contributed by atoms with Gasteiger partial charge in [0.15, 0.2) is 0 Å². The van der Waals surface area contributed by atoms with E-state index in [-0.39, 0.29) is 23.3 Å². The summed E-state index contributed by atoms with van der Waals surface area (Å²) in [5, 5.41) is 2.92. The SMILES string of the molecule is C[C@H](NCl)C(=O)OC[C@@H](NC(=O)C1CCC(NS(=O)(=O)c2ccc(C(F)(F)F)cc2)CC1)c1ccccc1. The summed E-state index contributed by atoms with van der Waals surface area (Å²) < 4.78 is 71.4. The topological polar surface area (TPSA) is 114 Å². The van der Waals surface area contributed by atoms with E-state index in [9.17, 15) is 31.2 Å². The predicted molar refractivity (Wildman–Crippen MR) is 134 cm³/mol. The molecule has 3 rings (SSSR count). The minimum atomic E-state index is -4.56. The number of benzene rings is 2. The molecule has 8 nitrogen and oxygen atoms in total. The Morgan fingerprint density at radius 2 is 1.63 bits per heavy atom. The van der Waals surface area contributed by atoms with Crippen LogP contribution in [0.5, 0.6) is 0 Å². The van der Waals surface area contributed by atoms with E-state index in [0.29, 0.717) is 25.7 Å². The van der Waals surface area contributed by atoms with Gasteiger partial charge in [-0.1, -0.05) is 30.3 Å². The van der Waals surface area contributed by atoms with Crippen LogP contribution in [0, 0.1) is 5.92 Å². The number of esters is 1. The minimum absolute atomic E-state index is 0.0975. The summed E-state index contributed by atoms with van der Waals surface area (Å²) in [6.07, 6.45) is -3.00. The fourth-order valence-corrected chi connectivity index (χ4v) is 5.51. The van der Waals surface area contributed by atoms with Gasteiger partial charge in [-0.25, -0.2) is 18.0 Å². The first-order valence-corrected chi connectivity index (χ1v) is 13.8. The van der Waals surface area contributed by atoms with Crippen LogP contribution in [0.25, 0.3) is 0 Å². The maximum absolute atomic E-state index is 13.0. The van der Waals surface area contributed by atoms with E-state index in [2.05, 4.69) is 14.9 Å². The summed E-state index contributed by atoms with van der Waals surface area (Å²) >= 11 is 5.47. The molecule has 2 aromatic carbocycles. The third-order valence-electron chi connectivity index (χ3n) is 6.34. The lowest BCUT2D eigenvalue weighted by molar-refractivity contribution is -0.146. The maximum Gasteiger partial charge on any atom is 0.416 e. The van der Waals surface area contributed by atoms with Crippen molar-refractivity contribution < 1.29 is 35.9 Å². The maximum atomic E-state index is 13.0. The van der Waals surface area contributed by atoms with Gasteiger partial charge >= 0.3 is 12.1 Å². The van der Waals surface area contributed by atoms with Crippen LogP contribution in [0.3, 0.4) is 0 Å². The van der Waals surface area contributed by atoms with E-state index >= 15 is 0 Å². The molecule has 38 heavy (non-hydrogen) atoms. The van der Waals surface area contributed by atoms with E-state index in [1.807, 2.05) is 6.07 Å². The monoisotopic (exact) mass is 575 g/mol. The number of carbonyl (C=O) groups excluding carboxylic acids is 2. The van der Waals surface area contributed by atoms with Crippen LogP contribution < -0.4 is 14.9 Å². The van der Waals surface area contributed by atoms with Gasteiger partial charge in [0.1, 0.15) is 12.6 Å². The molecule has 13 heteroatoms. The fourth-order valence-electron chi connectivity index (χ4n) is 4.12. The Kier molecular flexibility index (Phi) is 10.2. The van der Waals surface area contributed by atoms with Crippen molar-refractivity contribution in [2.24, 2.45) is 5.92 Å². The molecule has 1 fully saturated rings. The number of carbonyl (C=O) groups is 2. The molecular weight excluding hydrogens is 547 g/mol. The van der Waals surface area contributed by atoms with Crippen LogP contribution in [0.15, 0.2) is 59.5 Å². The fraction of sp³-hybridized carbons (Fsp3) is 0.440. The van der Waals surface area contributed by atoms with Gasteiger partial charge in [0.2, 0.25) is 15.9 Å². The van der Waals surface area contributed by atoms with Crippen molar-refractivity contribution in [3.05, 3.63) is 65.7 Å². The second-order valence-electron chi connectivity index (χ2n) is 9.12. The van der Waals surface area contributed by atoms with Gasteiger partial charge in [-0.3, -0.25) is 9.59 Å². The van der Waals surface area contributed by atoms with Gasteiger partial charge in [0.25, 0.3) is 0 Å². The lowest BCUT2D eigenvalue weighted by atomic mass is 9.85. The zero-order valence-corrected chi connectivity index (χ0v) is 22.1. The molecule has 0 aromatic heterocycles. The molecule has 0 radical (unpaired) electrons. The zero-order valence-electron chi connectivity index (χ0n) is 20.5. The molecule has 0 bridgehead atoms. The molecule has 0 unspecified atom stereocenters. The highest BCUT2D eigenvalue weighted by atomic mass is 35.5. The lowest BCUT2D eigenvalue weighted by Gasteiger charge is -2.29.